The van der Waals surface area contributed by atoms with Crippen molar-refractivity contribution in [3.63, 3.8) is 0 Å². The number of nitrogens with zero attached hydrogens (tertiary/aromatic N) is 4. The third kappa shape index (κ3) is 4.94. The number of thioether (sulfide) groups is 1. The van der Waals surface area contributed by atoms with Gasteiger partial charge in [-0.25, -0.2) is 19.7 Å². The van der Waals surface area contributed by atoms with Crippen LogP contribution in [0.1, 0.15) is 25.7 Å². The first-order valence-corrected chi connectivity index (χ1v) is 13.8. The van der Waals surface area contributed by atoms with Crippen LogP contribution >= 0.6 is 11.8 Å². The van der Waals surface area contributed by atoms with Crippen LogP contribution in [0.25, 0.3) is 0 Å². The Morgan fingerprint density at radius 3 is 2.64 bits per heavy atom. The highest BCUT2D eigenvalue weighted by molar-refractivity contribution is 8.04. The summed E-state index contributed by atoms with van der Waals surface area (Å²) in [5, 5.41) is 12.5. The molecule has 13 heteroatoms. The summed E-state index contributed by atoms with van der Waals surface area (Å²) in [6, 6.07) is 2.69. The molecule has 0 aromatic carbocycles. The largest absolute Gasteiger partial charge is 0.452 e. The van der Waals surface area contributed by atoms with Gasteiger partial charge in [-0.1, -0.05) is 18.3 Å². The molecule has 4 aliphatic rings. The molecule has 3 fully saturated rings. The monoisotopic (exact) mass is 548 g/mol. The second kappa shape index (κ2) is 10.7. The fourth-order valence-electron chi connectivity index (χ4n) is 5.72. The van der Waals surface area contributed by atoms with Gasteiger partial charge >= 0.3 is 6.03 Å². The van der Waals surface area contributed by atoms with Crippen molar-refractivity contribution in [1.29, 1.82) is 0 Å². The molecule has 202 valence electrons. The predicted octanol–water partition coefficient (Wildman–Crippen LogP) is 1.80. The highest BCUT2D eigenvalue weighted by Crippen LogP contribution is 2.47. The van der Waals surface area contributed by atoms with Gasteiger partial charge in [0.25, 0.3) is 5.91 Å². The van der Waals surface area contributed by atoms with E-state index >= 15 is 0 Å². The molecule has 3 aliphatic heterocycles. The molecule has 2 saturated heterocycles. The molecule has 5 atom stereocenters. The Labute approximate surface area is 229 Å². The summed E-state index contributed by atoms with van der Waals surface area (Å²) in [5.41, 5.74) is 0.648. The minimum atomic E-state index is -0.325. The number of carbonyl (C=O) groups excluding carboxylic acids is 3. The van der Waals surface area contributed by atoms with E-state index in [1.807, 2.05) is 0 Å². The van der Waals surface area contributed by atoms with Gasteiger partial charge in [0.15, 0.2) is 5.75 Å². The third-order valence-corrected chi connectivity index (χ3v) is 8.79. The number of anilines is 1. The SMILES string of the molecule is C=CC(=O)N[C@H]1CCC[C@H]1NC(=O)C1=C2NC(=O)N(c3ccc(Oc4cncnc4)cn3)C3CCNC(S1)C23. The molecule has 2 aromatic rings. The van der Waals surface area contributed by atoms with Crippen LogP contribution in [0.15, 0.2) is 60.3 Å². The van der Waals surface area contributed by atoms with Gasteiger partial charge in [-0.15, -0.1) is 0 Å². The molecule has 12 nitrogen and oxygen atoms in total. The molecular weight excluding hydrogens is 520 g/mol. The molecule has 4 N–H and O–H groups in total. The Morgan fingerprint density at radius 1 is 1.10 bits per heavy atom. The van der Waals surface area contributed by atoms with Gasteiger partial charge in [-0.05, 0) is 50.4 Å². The van der Waals surface area contributed by atoms with E-state index < -0.39 is 0 Å². The van der Waals surface area contributed by atoms with Crippen molar-refractivity contribution in [2.24, 2.45) is 5.92 Å². The van der Waals surface area contributed by atoms with Crippen LogP contribution in [0.4, 0.5) is 10.6 Å². The second-order valence-corrected chi connectivity index (χ2v) is 10.9. The topological polar surface area (TPSA) is 150 Å². The Balaban J connectivity index is 1.20. The Morgan fingerprint density at radius 2 is 1.90 bits per heavy atom. The van der Waals surface area contributed by atoms with Gasteiger partial charge in [0, 0.05) is 23.7 Å². The molecule has 39 heavy (non-hydrogen) atoms. The number of rotatable bonds is 7. The van der Waals surface area contributed by atoms with Crippen LogP contribution in [0, 0.1) is 5.92 Å². The summed E-state index contributed by atoms with van der Waals surface area (Å²) in [4.78, 5) is 53.2. The zero-order valence-corrected chi connectivity index (χ0v) is 21.8. The summed E-state index contributed by atoms with van der Waals surface area (Å²) < 4.78 is 5.73. The molecule has 0 spiro atoms. The molecular formula is C26H28N8O4S. The highest BCUT2D eigenvalue weighted by atomic mass is 32.2. The number of aromatic nitrogens is 3. The average Bonchev–Trinajstić information content (AvgIpc) is 3.54. The van der Waals surface area contributed by atoms with E-state index in [0.29, 0.717) is 40.9 Å². The Kier molecular flexibility index (Phi) is 6.92. The van der Waals surface area contributed by atoms with Crippen LogP contribution in [0.5, 0.6) is 11.5 Å². The van der Waals surface area contributed by atoms with Gasteiger partial charge in [-0.3, -0.25) is 14.5 Å². The smallest absolute Gasteiger partial charge is 0.327 e. The van der Waals surface area contributed by atoms with E-state index in [-0.39, 0.29) is 47.3 Å². The number of carbonyl (C=O) groups is 3. The van der Waals surface area contributed by atoms with Gasteiger partial charge in [0.2, 0.25) is 5.91 Å². The molecule has 4 amide bonds. The first-order chi connectivity index (χ1) is 19.0. The molecule has 1 saturated carbocycles. The highest BCUT2D eigenvalue weighted by Gasteiger charge is 2.52. The number of hydrogen-bond acceptors (Lipinski definition) is 9. The number of piperidine rings is 1. The molecule has 5 heterocycles. The number of pyridine rings is 1. The van der Waals surface area contributed by atoms with E-state index in [2.05, 4.69) is 42.8 Å². The first kappa shape index (κ1) is 25.3. The maximum atomic E-state index is 13.4. The van der Waals surface area contributed by atoms with Gasteiger partial charge in [-0.2, -0.15) is 0 Å². The fourth-order valence-corrected chi connectivity index (χ4v) is 7.12. The zero-order chi connectivity index (χ0) is 26.9. The maximum Gasteiger partial charge on any atom is 0.327 e. The number of urea groups is 1. The third-order valence-electron chi connectivity index (χ3n) is 7.43. The van der Waals surface area contributed by atoms with E-state index in [1.54, 1.807) is 35.6 Å². The van der Waals surface area contributed by atoms with Crippen molar-refractivity contribution in [1.82, 2.24) is 36.2 Å². The Hall–Kier alpha value is -3.97. The molecule has 0 radical (unpaired) electrons. The zero-order valence-electron chi connectivity index (χ0n) is 21.0. The Bertz CT molecular complexity index is 1320. The van der Waals surface area contributed by atoms with Crippen molar-refractivity contribution in [3.05, 3.63) is 60.3 Å². The minimum absolute atomic E-state index is 0.0527. The molecule has 1 aliphatic carbocycles. The van der Waals surface area contributed by atoms with Crippen LogP contribution in [-0.2, 0) is 9.59 Å². The van der Waals surface area contributed by atoms with Crippen molar-refractivity contribution < 1.29 is 19.1 Å². The lowest BCUT2D eigenvalue weighted by Crippen LogP contribution is -2.62. The summed E-state index contributed by atoms with van der Waals surface area (Å²) in [5.74, 6) is 0.912. The van der Waals surface area contributed by atoms with Crippen molar-refractivity contribution >= 4 is 35.4 Å². The normalized spacial score (nSPS) is 27.4. The molecule has 0 bridgehead atoms. The number of nitrogens with one attached hydrogen (secondary N) is 4. The van der Waals surface area contributed by atoms with Crippen LogP contribution in [-0.4, -0.2) is 62.8 Å². The first-order valence-electron chi connectivity index (χ1n) is 12.9. The van der Waals surface area contributed by atoms with E-state index in [4.69, 9.17) is 4.74 Å². The lowest BCUT2D eigenvalue weighted by Gasteiger charge is -2.45. The maximum absolute atomic E-state index is 13.4. The predicted molar refractivity (Wildman–Crippen MR) is 144 cm³/mol. The summed E-state index contributed by atoms with van der Waals surface area (Å²) >= 11 is 1.44. The number of amides is 4. The lowest BCUT2D eigenvalue weighted by molar-refractivity contribution is -0.119. The van der Waals surface area contributed by atoms with Crippen LogP contribution in [0.2, 0.25) is 0 Å². The molecule has 3 unspecified atom stereocenters. The number of hydrogen-bond donors (Lipinski definition) is 4. The summed E-state index contributed by atoms with van der Waals surface area (Å²) in [7, 11) is 0. The summed E-state index contributed by atoms with van der Waals surface area (Å²) in [6.45, 7) is 4.21. The lowest BCUT2D eigenvalue weighted by atomic mass is 9.86. The fraction of sp³-hybridized carbons (Fsp3) is 0.385. The van der Waals surface area contributed by atoms with Gasteiger partial charge < -0.3 is 26.0 Å². The van der Waals surface area contributed by atoms with Gasteiger partial charge in [0.05, 0.1) is 34.9 Å². The van der Waals surface area contributed by atoms with Gasteiger partial charge in [0.1, 0.15) is 17.9 Å². The van der Waals surface area contributed by atoms with Crippen molar-refractivity contribution in [3.8, 4) is 11.5 Å². The summed E-state index contributed by atoms with van der Waals surface area (Å²) in [6.07, 6.45) is 10.5. The molecule has 2 aromatic heterocycles. The van der Waals surface area contributed by atoms with E-state index in [0.717, 1.165) is 19.3 Å². The van der Waals surface area contributed by atoms with Crippen LogP contribution in [0.3, 0.4) is 0 Å². The van der Waals surface area contributed by atoms with Crippen LogP contribution < -0.4 is 30.9 Å². The second-order valence-electron chi connectivity index (χ2n) is 9.78. The van der Waals surface area contributed by atoms with E-state index in [9.17, 15) is 14.4 Å². The van der Waals surface area contributed by atoms with Crippen molar-refractivity contribution in [2.45, 2.75) is 49.2 Å². The average molecular weight is 549 g/mol. The van der Waals surface area contributed by atoms with Crippen molar-refractivity contribution in [2.75, 3.05) is 11.4 Å². The standard InChI is InChI=1S/C26H28N8O4S/c1-2-20(35)31-16-4-3-5-17(16)32-24(36)23-22-21-18(8-9-29-25(21)39-23)34(26(37)33-22)19-7-6-14(12-30-19)38-15-10-27-13-28-11-15/h2,6-7,10-13,16-18,21,25,29H,1,3-5,8-9H2,(H,31,35)(H,32,36)(H,33,37)/t16-,17+,18?,21?,25?/m0/s1. The number of ether oxygens (including phenoxy) is 1. The molecule has 6 rings (SSSR count). The minimum Gasteiger partial charge on any atom is -0.452 e. The van der Waals surface area contributed by atoms with E-state index in [1.165, 1.54) is 24.2 Å². The quantitative estimate of drug-likeness (QED) is 0.380.